The summed E-state index contributed by atoms with van der Waals surface area (Å²) in [6.07, 6.45) is 5.54. The third-order valence-corrected chi connectivity index (χ3v) is 4.58. The van der Waals surface area contributed by atoms with Crippen molar-refractivity contribution in [3.63, 3.8) is 0 Å². The summed E-state index contributed by atoms with van der Waals surface area (Å²) in [6, 6.07) is 11.5. The number of nitrogens with one attached hydrogen (secondary N) is 1. The van der Waals surface area contributed by atoms with Gasteiger partial charge in [0, 0.05) is 18.4 Å². The first kappa shape index (κ1) is 14.8. The van der Waals surface area contributed by atoms with Crippen LogP contribution in [0.2, 0.25) is 0 Å². The Morgan fingerprint density at radius 1 is 1.29 bits per heavy atom. The molecule has 4 heterocycles. The van der Waals surface area contributed by atoms with Crippen LogP contribution in [0.15, 0.2) is 53.3 Å². The van der Waals surface area contributed by atoms with E-state index < -0.39 is 0 Å². The van der Waals surface area contributed by atoms with Crippen molar-refractivity contribution in [1.82, 2.24) is 14.9 Å². The molecule has 24 heavy (non-hydrogen) atoms. The van der Waals surface area contributed by atoms with E-state index in [0.717, 1.165) is 36.5 Å². The molecule has 0 aliphatic carbocycles. The Balaban J connectivity index is 1.62. The average Bonchev–Trinajstić information content (AvgIpc) is 3.35. The molecule has 4 rings (SSSR count). The van der Waals surface area contributed by atoms with Crippen molar-refractivity contribution in [2.24, 2.45) is 0 Å². The number of carbonyl (C=O) groups is 1. The lowest BCUT2D eigenvalue weighted by Crippen LogP contribution is -2.31. The first-order valence-electron chi connectivity index (χ1n) is 8.20. The minimum Gasteiger partial charge on any atom is -0.463 e. The van der Waals surface area contributed by atoms with Gasteiger partial charge in [-0.3, -0.25) is 4.79 Å². The standard InChI is InChI=1S/C19H19N3O2/c1-13-14(8-9-16(21-13)18-7-4-12-24-18)19(23)22-11-3-6-17(22)15-5-2-10-20-15/h2,4-5,7-10,12,17,20H,3,6,11H2,1H3. The van der Waals surface area contributed by atoms with E-state index in [-0.39, 0.29) is 11.9 Å². The predicted octanol–water partition coefficient (Wildman–Crippen LogP) is 3.96. The van der Waals surface area contributed by atoms with Gasteiger partial charge < -0.3 is 14.3 Å². The van der Waals surface area contributed by atoms with Crippen LogP contribution in [0.5, 0.6) is 0 Å². The van der Waals surface area contributed by atoms with Crippen molar-refractivity contribution in [3.8, 4) is 11.5 Å². The summed E-state index contributed by atoms with van der Waals surface area (Å²) in [6.45, 7) is 2.65. The van der Waals surface area contributed by atoms with E-state index in [1.165, 1.54) is 0 Å². The molecule has 1 fully saturated rings. The lowest BCUT2D eigenvalue weighted by atomic mass is 10.1. The largest absolute Gasteiger partial charge is 0.463 e. The van der Waals surface area contributed by atoms with Crippen LogP contribution in [0.25, 0.3) is 11.5 Å². The summed E-state index contributed by atoms with van der Waals surface area (Å²) < 4.78 is 5.38. The van der Waals surface area contributed by atoms with Crippen LogP contribution in [0, 0.1) is 6.92 Å². The van der Waals surface area contributed by atoms with Gasteiger partial charge in [0.2, 0.25) is 0 Å². The van der Waals surface area contributed by atoms with E-state index in [1.807, 2.05) is 54.4 Å². The molecule has 1 aliphatic heterocycles. The molecule has 1 amide bonds. The third-order valence-electron chi connectivity index (χ3n) is 4.58. The Bertz CT molecular complexity index is 838. The summed E-state index contributed by atoms with van der Waals surface area (Å²) in [5.74, 6) is 0.755. The van der Waals surface area contributed by atoms with E-state index >= 15 is 0 Å². The van der Waals surface area contributed by atoms with Crippen LogP contribution in [-0.4, -0.2) is 27.3 Å². The van der Waals surface area contributed by atoms with Crippen LogP contribution in [0.4, 0.5) is 0 Å². The van der Waals surface area contributed by atoms with Crippen LogP contribution in [0.3, 0.4) is 0 Å². The molecule has 1 N–H and O–H groups in total. The monoisotopic (exact) mass is 321 g/mol. The van der Waals surface area contributed by atoms with E-state index in [9.17, 15) is 4.79 Å². The van der Waals surface area contributed by atoms with E-state index in [4.69, 9.17) is 4.42 Å². The highest BCUT2D eigenvalue weighted by Gasteiger charge is 2.32. The number of aryl methyl sites for hydroxylation is 1. The number of aromatic nitrogens is 2. The van der Waals surface area contributed by atoms with Gasteiger partial charge in [-0.05, 0) is 56.2 Å². The molecular weight excluding hydrogens is 302 g/mol. The van der Waals surface area contributed by atoms with Gasteiger partial charge in [0.05, 0.1) is 23.6 Å². The number of hydrogen-bond donors (Lipinski definition) is 1. The number of rotatable bonds is 3. The lowest BCUT2D eigenvalue weighted by molar-refractivity contribution is 0.0732. The zero-order valence-corrected chi connectivity index (χ0v) is 13.5. The quantitative estimate of drug-likeness (QED) is 0.794. The smallest absolute Gasteiger partial charge is 0.256 e. The number of aromatic amines is 1. The molecule has 0 bridgehead atoms. The van der Waals surface area contributed by atoms with Crippen LogP contribution in [0.1, 0.15) is 40.6 Å². The lowest BCUT2D eigenvalue weighted by Gasteiger charge is -2.24. The fraction of sp³-hybridized carbons (Fsp3) is 0.263. The Morgan fingerprint density at radius 2 is 2.21 bits per heavy atom. The summed E-state index contributed by atoms with van der Waals surface area (Å²) in [4.78, 5) is 22.7. The van der Waals surface area contributed by atoms with Crippen molar-refractivity contribution in [2.45, 2.75) is 25.8 Å². The molecule has 0 radical (unpaired) electrons. The molecular formula is C19H19N3O2. The van der Waals surface area contributed by atoms with Gasteiger partial charge in [-0.15, -0.1) is 0 Å². The van der Waals surface area contributed by atoms with E-state index in [2.05, 4.69) is 9.97 Å². The number of amides is 1. The van der Waals surface area contributed by atoms with Gasteiger partial charge in [0.1, 0.15) is 5.69 Å². The molecule has 5 heteroatoms. The van der Waals surface area contributed by atoms with E-state index in [1.54, 1.807) is 6.26 Å². The topological polar surface area (TPSA) is 62.1 Å². The zero-order chi connectivity index (χ0) is 16.5. The van der Waals surface area contributed by atoms with Gasteiger partial charge in [0.25, 0.3) is 5.91 Å². The third kappa shape index (κ3) is 2.52. The fourth-order valence-corrected chi connectivity index (χ4v) is 3.39. The SMILES string of the molecule is Cc1nc(-c2ccco2)ccc1C(=O)N1CCCC1c1ccc[nH]1. The van der Waals surface area contributed by atoms with Gasteiger partial charge in [-0.1, -0.05) is 0 Å². The van der Waals surface area contributed by atoms with Gasteiger partial charge in [-0.2, -0.15) is 0 Å². The zero-order valence-electron chi connectivity index (χ0n) is 13.5. The Morgan fingerprint density at radius 3 is 2.92 bits per heavy atom. The first-order valence-corrected chi connectivity index (χ1v) is 8.20. The molecule has 1 unspecified atom stereocenters. The van der Waals surface area contributed by atoms with Gasteiger partial charge in [-0.25, -0.2) is 4.98 Å². The number of nitrogens with zero attached hydrogens (tertiary/aromatic N) is 2. The Labute approximate surface area is 140 Å². The van der Waals surface area contributed by atoms with E-state index in [0.29, 0.717) is 11.3 Å². The highest BCUT2D eigenvalue weighted by atomic mass is 16.3. The summed E-state index contributed by atoms with van der Waals surface area (Å²) in [5, 5.41) is 0. The molecule has 3 aromatic heterocycles. The maximum Gasteiger partial charge on any atom is 0.256 e. The molecule has 0 spiro atoms. The second kappa shape index (κ2) is 6.00. The maximum atomic E-state index is 13.0. The summed E-state index contributed by atoms with van der Waals surface area (Å²) in [7, 11) is 0. The van der Waals surface area contributed by atoms with Crippen molar-refractivity contribution < 1.29 is 9.21 Å². The highest BCUT2D eigenvalue weighted by molar-refractivity contribution is 5.96. The molecule has 1 saturated heterocycles. The molecule has 122 valence electrons. The van der Waals surface area contributed by atoms with Gasteiger partial charge in [0.15, 0.2) is 5.76 Å². The molecule has 0 saturated carbocycles. The Hall–Kier alpha value is -2.82. The number of pyridine rings is 1. The number of carbonyl (C=O) groups excluding carboxylic acids is 1. The molecule has 1 aliphatic rings. The molecule has 5 nitrogen and oxygen atoms in total. The van der Waals surface area contributed by atoms with Crippen molar-refractivity contribution >= 4 is 5.91 Å². The van der Waals surface area contributed by atoms with Crippen LogP contribution in [-0.2, 0) is 0 Å². The van der Waals surface area contributed by atoms with Crippen LogP contribution < -0.4 is 0 Å². The molecule has 0 aromatic carbocycles. The number of likely N-dealkylation sites (tertiary alicyclic amines) is 1. The fourth-order valence-electron chi connectivity index (χ4n) is 3.39. The first-order chi connectivity index (χ1) is 11.7. The van der Waals surface area contributed by atoms with Crippen LogP contribution >= 0.6 is 0 Å². The number of hydrogen-bond acceptors (Lipinski definition) is 3. The second-order valence-corrected chi connectivity index (χ2v) is 6.09. The minimum atomic E-state index is 0.0445. The van der Waals surface area contributed by atoms with Crippen molar-refractivity contribution in [2.75, 3.05) is 6.54 Å². The predicted molar refractivity (Wildman–Crippen MR) is 90.5 cm³/mol. The summed E-state index contributed by atoms with van der Waals surface area (Å²) >= 11 is 0. The number of H-pyrrole nitrogens is 1. The summed E-state index contributed by atoms with van der Waals surface area (Å²) in [5.41, 5.74) is 3.23. The van der Waals surface area contributed by atoms with Crippen molar-refractivity contribution in [3.05, 3.63) is 65.8 Å². The molecule has 3 aromatic rings. The minimum absolute atomic E-state index is 0.0445. The Kier molecular flexibility index (Phi) is 3.69. The number of furan rings is 1. The van der Waals surface area contributed by atoms with Crippen molar-refractivity contribution in [1.29, 1.82) is 0 Å². The molecule has 1 atom stereocenters. The van der Waals surface area contributed by atoms with Gasteiger partial charge >= 0.3 is 0 Å². The average molecular weight is 321 g/mol. The normalized spacial score (nSPS) is 17.4. The highest BCUT2D eigenvalue weighted by Crippen LogP contribution is 2.32. The second-order valence-electron chi connectivity index (χ2n) is 6.09. The maximum absolute atomic E-state index is 13.0.